The molecule has 0 aliphatic rings. The van der Waals surface area contributed by atoms with E-state index in [0.29, 0.717) is 17.1 Å². The molecule has 0 spiro atoms. The molecule has 2 aromatic carbocycles. The highest BCUT2D eigenvalue weighted by molar-refractivity contribution is 6.31. The topological polar surface area (TPSA) is 70.6 Å². The molecule has 2 rings (SSSR count). The lowest BCUT2D eigenvalue weighted by Crippen LogP contribution is -2.21. The smallest absolute Gasteiger partial charge is 0.240 e. The van der Waals surface area contributed by atoms with Gasteiger partial charge in [0.1, 0.15) is 0 Å². The summed E-state index contributed by atoms with van der Waals surface area (Å²) in [6.07, 6.45) is 2.40. The largest absolute Gasteiger partial charge is 0.326 e. The third kappa shape index (κ3) is 6.39. The summed E-state index contributed by atoms with van der Waals surface area (Å²) in [5.41, 5.74) is 4.98. The first-order chi connectivity index (χ1) is 12.1. The fraction of sp³-hybridized carbons (Fsp3) is 0.211. The number of halogens is 1. The standard InChI is InChI=1S/C19H20ClN3O2/c1-14-16(20)8-5-9-17(14)22-18(24)10-11-19(25)23-21-13-12-15-6-3-2-4-7-15/h2-9,13H,10-12H2,1H3,(H,22,24)(H,23,25)/b21-13+. The zero-order valence-electron chi connectivity index (χ0n) is 14.0. The first kappa shape index (κ1) is 18.7. The van der Waals surface area contributed by atoms with Crippen LogP contribution in [-0.4, -0.2) is 18.0 Å². The van der Waals surface area contributed by atoms with Crippen LogP contribution >= 0.6 is 11.6 Å². The van der Waals surface area contributed by atoms with Crippen LogP contribution < -0.4 is 10.7 Å². The summed E-state index contributed by atoms with van der Waals surface area (Å²) in [5.74, 6) is -0.545. The first-order valence-corrected chi connectivity index (χ1v) is 8.33. The van der Waals surface area contributed by atoms with E-state index in [1.54, 1.807) is 24.4 Å². The predicted octanol–water partition coefficient (Wildman–Crippen LogP) is 3.71. The van der Waals surface area contributed by atoms with Gasteiger partial charge in [-0.1, -0.05) is 48.0 Å². The summed E-state index contributed by atoms with van der Waals surface area (Å²) in [5, 5.41) is 7.22. The van der Waals surface area contributed by atoms with Crippen molar-refractivity contribution in [1.29, 1.82) is 0 Å². The Labute approximate surface area is 152 Å². The molecule has 0 heterocycles. The summed E-state index contributed by atoms with van der Waals surface area (Å²) in [4.78, 5) is 23.6. The van der Waals surface area contributed by atoms with E-state index >= 15 is 0 Å². The Balaban J connectivity index is 1.70. The van der Waals surface area contributed by atoms with Crippen molar-refractivity contribution in [2.24, 2.45) is 5.10 Å². The number of anilines is 1. The number of rotatable bonds is 7. The van der Waals surface area contributed by atoms with Gasteiger partial charge in [0.15, 0.2) is 0 Å². The Hall–Kier alpha value is -2.66. The first-order valence-electron chi connectivity index (χ1n) is 7.95. The maximum Gasteiger partial charge on any atom is 0.240 e. The molecular formula is C19H20ClN3O2. The Kier molecular flexibility index (Phi) is 7.16. The van der Waals surface area contributed by atoms with E-state index in [9.17, 15) is 9.59 Å². The van der Waals surface area contributed by atoms with Crippen LogP contribution in [0.2, 0.25) is 5.02 Å². The van der Waals surface area contributed by atoms with Crippen molar-refractivity contribution >= 4 is 35.3 Å². The van der Waals surface area contributed by atoms with Crippen LogP contribution in [0.4, 0.5) is 5.69 Å². The number of carbonyl (C=O) groups excluding carboxylic acids is 2. The number of hydrogen-bond donors (Lipinski definition) is 2. The van der Waals surface area contributed by atoms with Crippen molar-refractivity contribution in [1.82, 2.24) is 5.43 Å². The van der Waals surface area contributed by atoms with Gasteiger partial charge in [-0.25, -0.2) is 5.43 Å². The molecule has 0 atom stereocenters. The van der Waals surface area contributed by atoms with Crippen LogP contribution in [0, 0.1) is 6.92 Å². The lowest BCUT2D eigenvalue weighted by molar-refractivity contribution is -0.124. The summed E-state index contributed by atoms with van der Waals surface area (Å²) >= 11 is 6.01. The predicted molar refractivity (Wildman–Crippen MR) is 101 cm³/mol. The number of nitrogens with one attached hydrogen (secondary N) is 2. The molecule has 0 radical (unpaired) electrons. The SMILES string of the molecule is Cc1c(Cl)cccc1NC(=O)CCC(=O)N/N=C/Cc1ccccc1. The zero-order valence-corrected chi connectivity index (χ0v) is 14.7. The minimum absolute atomic E-state index is 0.0636. The Morgan fingerprint density at radius 1 is 1.04 bits per heavy atom. The van der Waals surface area contributed by atoms with Crippen molar-refractivity contribution in [2.45, 2.75) is 26.2 Å². The fourth-order valence-electron chi connectivity index (χ4n) is 2.12. The second kappa shape index (κ2) is 9.59. The van der Waals surface area contributed by atoms with Crippen LogP contribution in [0.3, 0.4) is 0 Å². The highest BCUT2D eigenvalue weighted by Crippen LogP contribution is 2.23. The minimum atomic E-state index is -0.303. The highest BCUT2D eigenvalue weighted by atomic mass is 35.5. The van der Waals surface area contributed by atoms with Gasteiger partial charge in [-0.3, -0.25) is 9.59 Å². The molecule has 0 bridgehead atoms. The average molecular weight is 358 g/mol. The molecule has 0 saturated carbocycles. The Bertz CT molecular complexity index is 761. The van der Waals surface area contributed by atoms with Crippen molar-refractivity contribution in [3.05, 3.63) is 64.7 Å². The van der Waals surface area contributed by atoms with Gasteiger partial charge in [0.05, 0.1) is 0 Å². The summed E-state index contributed by atoms with van der Waals surface area (Å²) < 4.78 is 0. The summed E-state index contributed by atoms with van der Waals surface area (Å²) in [6, 6.07) is 15.1. The molecule has 2 N–H and O–H groups in total. The summed E-state index contributed by atoms with van der Waals surface area (Å²) in [6.45, 7) is 1.83. The molecular weight excluding hydrogens is 338 g/mol. The molecule has 25 heavy (non-hydrogen) atoms. The minimum Gasteiger partial charge on any atom is -0.326 e. The van der Waals surface area contributed by atoms with Crippen molar-refractivity contribution in [3.63, 3.8) is 0 Å². The summed E-state index contributed by atoms with van der Waals surface area (Å²) in [7, 11) is 0. The van der Waals surface area contributed by atoms with E-state index in [-0.39, 0.29) is 24.7 Å². The monoisotopic (exact) mass is 357 g/mol. The van der Waals surface area contributed by atoms with E-state index in [0.717, 1.165) is 11.1 Å². The number of hydrazone groups is 1. The third-order valence-corrected chi connectivity index (χ3v) is 3.98. The maximum absolute atomic E-state index is 11.9. The molecule has 0 unspecified atom stereocenters. The van der Waals surface area contributed by atoms with E-state index in [2.05, 4.69) is 15.8 Å². The number of hydrogen-bond acceptors (Lipinski definition) is 3. The van der Waals surface area contributed by atoms with Gasteiger partial charge in [-0.15, -0.1) is 0 Å². The van der Waals surface area contributed by atoms with Gasteiger partial charge in [0.2, 0.25) is 11.8 Å². The van der Waals surface area contributed by atoms with Gasteiger partial charge in [0, 0.05) is 36.2 Å². The molecule has 0 saturated heterocycles. The number of carbonyl (C=O) groups is 2. The van der Waals surface area contributed by atoms with Gasteiger partial charge in [-0.05, 0) is 30.2 Å². The van der Waals surface area contributed by atoms with E-state index in [1.807, 2.05) is 37.3 Å². The molecule has 5 nitrogen and oxygen atoms in total. The van der Waals surface area contributed by atoms with Crippen LogP contribution in [0.25, 0.3) is 0 Å². The highest BCUT2D eigenvalue weighted by Gasteiger charge is 2.09. The third-order valence-electron chi connectivity index (χ3n) is 3.57. The van der Waals surface area contributed by atoms with E-state index < -0.39 is 0 Å². The average Bonchev–Trinajstić information content (AvgIpc) is 2.62. The van der Waals surface area contributed by atoms with Crippen LogP contribution in [0.1, 0.15) is 24.0 Å². The number of nitrogens with zero attached hydrogens (tertiary/aromatic N) is 1. The van der Waals surface area contributed by atoms with Gasteiger partial charge < -0.3 is 5.32 Å². The number of benzene rings is 2. The van der Waals surface area contributed by atoms with Gasteiger partial charge >= 0.3 is 0 Å². The molecule has 0 aliphatic carbocycles. The Morgan fingerprint density at radius 2 is 1.76 bits per heavy atom. The quantitative estimate of drug-likeness (QED) is 0.585. The molecule has 2 aromatic rings. The Morgan fingerprint density at radius 3 is 2.52 bits per heavy atom. The molecule has 2 amide bonds. The van der Waals surface area contributed by atoms with Crippen LogP contribution in [-0.2, 0) is 16.0 Å². The normalized spacial score (nSPS) is 10.6. The van der Waals surface area contributed by atoms with Crippen LogP contribution in [0.5, 0.6) is 0 Å². The van der Waals surface area contributed by atoms with Gasteiger partial charge in [0.25, 0.3) is 0 Å². The van der Waals surface area contributed by atoms with Crippen LogP contribution in [0.15, 0.2) is 53.6 Å². The van der Waals surface area contributed by atoms with Gasteiger partial charge in [-0.2, -0.15) is 5.10 Å². The fourth-order valence-corrected chi connectivity index (χ4v) is 2.30. The van der Waals surface area contributed by atoms with Crippen molar-refractivity contribution < 1.29 is 9.59 Å². The maximum atomic E-state index is 11.9. The lowest BCUT2D eigenvalue weighted by atomic mass is 10.2. The molecule has 6 heteroatoms. The molecule has 130 valence electrons. The second-order valence-corrected chi connectivity index (χ2v) is 5.90. The van der Waals surface area contributed by atoms with E-state index in [1.165, 1.54) is 0 Å². The van der Waals surface area contributed by atoms with E-state index in [4.69, 9.17) is 11.6 Å². The zero-order chi connectivity index (χ0) is 18.1. The molecule has 0 aliphatic heterocycles. The molecule has 0 aromatic heterocycles. The number of amides is 2. The lowest BCUT2D eigenvalue weighted by Gasteiger charge is -2.09. The molecule has 0 fully saturated rings. The second-order valence-electron chi connectivity index (χ2n) is 5.50. The van der Waals surface area contributed by atoms with Crippen molar-refractivity contribution in [2.75, 3.05) is 5.32 Å². The van der Waals surface area contributed by atoms with Crippen molar-refractivity contribution in [3.8, 4) is 0 Å².